The first kappa shape index (κ1) is 16.2. The number of nitrogens with one attached hydrogen (secondary N) is 1. The van der Waals surface area contributed by atoms with Crippen molar-refractivity contribution in [1.29, 1.82) is 0 Å². The zero-order valence-corrected chi connectivity index (χ0v) is 13.6. The highest BCUT2D eigenvalue weighted by Gasteiger charge is 2.27. The highest BCUT2D eigenvalue weighted by Crippen LogP contribution is 2.16. The fourth-order valence-electron chi connectivity index (χ4n) is 2.63. The van der Waals surface area contributed by atoms with Crippen LogP contribution >= 0.6 is 0 Å². The Morgan fingerprint density at radius 2 is 1.88 bits per heavy atom. The minimum atomic E-state index is 0. The number of nitrogens with zero attached hydrogens (tertiary/aromatic N) is 2. The molecule has 0 bridgehead atoms. The van der Waals surface area contributed by atoms with Crippen LogP contribution < -0.4 is 22.0 Å². The summed E-state index contributed by atoms with van der Waals surface area (Å²) in [5, 5.41) is 0. The van der Waals surface area contributed by atoms with Gasteiger partial charge < -0.3 is 17.1 Å². The topological polar surface area (TPSA) is 38.4 Å². The van der Waals surface area contributed by atoms with Crippen LogP contribution in [0.2, 0.25) is 0 Å². The maximum absolute atomic E-state index is 5.90. The van der Waals surface area contributed by atoms with Crippen LogP contribution in [0, 0.1) is 0 Å². The minimum Gasteiger partial charge on any atom is -1.00 e. The average molecular weight is 338 g/mol. The van der Waals surface area contributed by atoms with Crippen LogP contribution in [0.3, 0.4) is 0 Å². The Bertz CT molecular complexity index is 841. The van der Waals surface area contributed by atoms with Crippen LogP contribution in [0.15, 0.2) is 88.9 Å². The minimum absolute atomic E-state index is 0. The molecule has 2 aromatic rings. The van der Waals surface area contributed by atoms with Crippen molar-refractivity contribution in [3.63, 3.8) is 0 Å². The fraction of sp³-hybridized carbons (Fsp3) is 0.0526. The predicted octanol–water partition coefficient (Wildman–Crippen LogP) is -0.688. The molecule has 0 aromatic heterocycles. The lowest BCUT2D eigenvalue weighted by Gasteiger charge is -2.13. The standard InChI is InChI=1S/C19H15N3O.ClH/c1-2-5-15(6-3-1)14-23-18-8-4-7-16(11-18)19-21-13-17-12-20-9-10-22(17)19;/h1-13H,14H2;1H. The van der Waals surface area contributed by atoms with Crippen LogP contribution in [0.4, 0.5) is 0 Å². The van der Waals surface area contributed by atoms with E-state index < -0.39 is 0 Å². The second-order valence-corrected chi connectivity index (χ2v) is 5.37. The van der Waals surface area contributed by atoms with E-state index in [-0.39, 0.29) is 12.4 Å². The fourth-order valence-corrected chi connectivity index (χ4v) is 2.63. The number of fused-ring (bicyclic) bond motifs is 1. The maximum atomic E-state index is 5.90. The molecule has 24 heavy (non-hydrogen) atoms. The van der Waals surface area contributed by atoms with E-state index in [0.717, 1.165) is 33.3 Å². The van der Waals surface area contributed by atoms with Gasteiger partial charge in [0, 0.05) is 0 Å². The van der Waals surface area contributed by atoms with Crippen LogP contribution in [-0.4, -0.2) is 12.1 Å². The van der Waals surface area contributed by atoms with Crippen molar-refractivity contribution in [3.05, 3.63) is 90.0 Å². The maximum Gasteiger partial charge on any atom is 0.243 e. The van der Waals surface area contributed by atoms with Gasteiger partial charge in [-0.2, -0.15) is 4.99 Å². The summed E-state index contributed by atoms with van der Waals surface area (Å²) in [6.45, 7) is 0.559. The van der Waals surface area contributed by atoms with Crippen molar-refractivity contribution < 1.29 is 22.0 Å². The van der Waals surface area contributed by atoms with Crippen LogP contribution in [0.25, 0.3) is 0 Å². The molecule has 4 rings (SSSR count). The molecule has 120 valence electrons. The van der Waals surface area contributed by atoms with Gasteiger partial charge in [0.1, 0.15) is 18.6 Å². The molecule has 0 radical (unpaired) electrons. The zero-order chi connectivity index (χ0) is 15.5. The molecule has 0 saturated heterocycles. The van der Waals surface area contributed by atoms with E-state index in [1.165, 1.54) is 0 Å². The number of allylic oxidation sites excluding steroid dienone is 1. The SMILES string of the molecule is C1=C[NH+]2C(=CN=C2c2cccc(OCc3ccccc3)c2)C=N1.[Cl-]. The van der Waals surface area contributed by atoms with E-state index in [4.69, 9.17) is 4.74 Å². The molecule has 0 saturated carbocycles. The molecule has 1 atom stereocenters. The Balaban J connectivity index is 0.00000169. The van der Waals surface area contributed by atoms with Crippen molar-refractivity contribution in [3.8, 4) is 5.75 Å². The summed E-state index contributed by atoms with van der Waals surface area (Å²) in [6.07, 6.45) is 7.48. The zero-order valence-electron chi connectivity index (χ0n) is 12.9. The summed E-state index contributed by atoms with van der Waals surface area (Å²) in [5.41, 5.74) is 3.26. The second kappa shape index (κ2) is 7.25. The van der Waals surface area contributed by atoms with Crippen molar-refractivity contribution >= 4 is 12.1 Å². The third-order valence-electron chi connectivity index (χ3n) is 3.80. The van der Waals surface area contributed by atoms with Gasteiger partial charge in [0.25, 0.3) is 0 Å². The smallest absolute Gasteiger partial charge is 0.243 e. The third-order valence-corrected chi connectivity index (χ3v) is 3.80. The van der Waals surface area contributed by atoms with Gasteiger partial charge in [-0.15, -0.1) is 0 Å². The van der Waals surface area contributed by atoms with Crippen molar-refractivity contribution in [2.45, 2.75) is 6.61 Å². The number of benzene rings is 2. The molecule has 2 aliphatic heterocycles. The third kappa shape index (κ3) is 3.30. The van der Waals surface area contributed by atoms with Crippen molar-refractivity contribution in [1.82, 2.24) is 0 Å². The van der Waals surface area contributed by atoms with Gasteiger partial charge >= 0.3 is 0 Å². The number of aliphatic imine (C=N–C) groups is 2. The van der Waals surface area contributed by atoms with Crippen LogP contribution in [-0.2, 0) is 6.61 Å². The van der Waals surface area contributed by atoms with E-state index in [9.17, 15) is 0 Å². The molecule has 0 spiro atoms. The quantitative estimate of drug-likeness (QED) is 0.788. The van der Waals surface area contributed by atoms with Gasteiger partial charge in [0.2, 0.25) is 5.84 Å². The van der Waals surface area contributed by atoms with Gasteiger partial charge in [0.05, 0.1) is 24.2 Å². The van der Waals surface area contributed by atoms with Gasteiger partial charge in [-0.05, 0) is 23.8 Å². The Morgan fingerprint density at radius 3 is 2.75 bits per heavy atom. The molecule has 2 aliphatic rings. The Hall–Kier alpha value is -2.69. The molecule has 2 heterocycles. The largest absolute Gasteiger partial charge is 1.00 e. The molecule has 5 heteroatoms. The molecule has 0 amide bonds. The van der Waals surface area contributed by atoms with E-state index in [2.05, 4.69) is 28.2 Å². The first-order valence-corrected chi connectivity index (χ1v) is 7.53. The lowest BCUT2D eigenvalue weighted by Crippen LogP contribution is -3.08. The number of quaternary nitrogens is 1. The summed E-state index contributed by atoms with van der Waals surface area (Å²) in [5.74, 6) is 1.81. The lowest BCUT2D eigenvalue weighted by molar-refractivity contribution is -0.689. The molecule has 0 aliphatic carbocycles. The molecule has 1 N–H and O–H groups in total. The summed E-state index contributed by atoms with van der Waals surface area (Å²) < 4.78 is 5.90. The summed E-state index contributed by atoms with van der Waals surface area (Å²) in [6, 6.07) is 18.2. The highest BCUT2D eigenvalue weighted by atomic mass is 35.5. The highest BCUT2D eigenvalue weighted by molar-refractivity contribution is 5.97. The van der Waals surface area contributed by atoms with E-state index in [1.54, 1.807) is 6.20 Å². The Labute approximate surface area is 146 Å². The van der Waals surface area contributed by atoms with Crippen molar-refractivity contribution in [2.75, 3.05) is 0 Å². The first-order chi connectivity index (χ1) is 11.4. The number of halogens is 1. The van der Waals surface area contributed by atoms with Gasteiger partial charge in [0.15, 0.2) is 5.70 Å². The second-order valence-electron chi connectivity index (χ2n) is 5.37. The Morgan fingerprint density at radius 1 is 1.00 bits per heavy atom. The first-order valence-electron chi connectivity index (χ1n) is 7.53. The Kier molecular flexibility index (Phi) is 4.89. The van der Waals surface area contributed by atoms with Gasteiger partial charge in [-0.25, -0.2) is 4.90 Å². The summed E-state index contributed by atoms with van der Waals surface area (Å²) >= 11 is 0. The lowest BCUT2D eigenvalue weighted by atomic mass is 10.1. The summed E-state index contributed by atoms with van der Waals surface area (Å²) in [4.78, 5) is 9.78. The number of amidine groups is 1. The monoisotopic (exact) mass is 337 g/mol. The van der Waals surface area contributed by atoms with E-state index >= 15 is 0 Å². The molecular weight excluding hydrogens is 322 g/mol. The van der Waals surface area contributed by atoms with Crippen LogP contribution in [0.1, 0.15) is 11.1 Å². The van der Waals surface area contributed by atoms with Gasteiger partial charge in [-0.1, -0.05) is 36.4 Å². The molecule has 2 aromatic carbocycles. The number of rotatable bonds is 4. The molecule has 4 nitrogen and oxygen atoms in total. The number of hydrogen-bond acceptors (Lipinski definition) is 3. The van der Waals surface area contributed by atoms with Gasteiger partial charge in [-0.3, -0.25) is 4.99 Å². The molecule has 0 fully saturated rings. The van der Waals surface area contributed by atoms with E-state index in [1.807, 2.05) is 55.0 Å². The van der Waals surface area contributed by atoms with E-state index in [0.29, 0.717) is 6.61 Å². The predicted molar refractivity (Wildman–Crippen MR) is 90.4 cm³/mol. The normalized spacial score (nSPS) is 17.6. The number of ether oxygens (including phenoxy) is 1. The summed E-state index contributed by atoms with van der Waals surface area (Å²) in [7, 11) is 0. The average Bonchev–Trinajstić information content (AvgIpc) is 3.05. The van der Waals surface area contributed by atoms with Crippen LogP contribution in [0.5, 0.6) is 5.75 Å². The number of hydrogen-bond donors (Lipinski definition) is 1. The molecule has 1 unspecified atom stereocenters. The van der Waals surface area contributed by atoms with Crippen molar-refractivity contribution in [2.24, 2.45) is 9.98 Å². The molecular formula is C19H16ClN3O.